The molecule has 28 heavy (non-hydrogen) atoms. The van der Waals surface area contributed by atoms with Crippen LogP contribution in [0.1, 0.15) is 48.1 Å². The van der Waals surface area contributed by atoms with Crippen LogP contribution in [-0.4, -0.2) is 15.9 Å². The van der Waals surface area contributed by atoms with E-state index in [4.69, 9.17) is 0 Å². The fourth-order valence-corrected chi connectivity index (χ4v) is 2.82. The molecule has 0 aliphatic heterocycles. The Bertz CT molecular complexity index is 988. The molecule has 0 saturated carbocycles. The van der Waals surface area contributed by atoms with Gasteiger partial charge in [-0.25, -0.2) is 9.97 Å². The number of anilines is 3. The topological polar surface area (TPSA) is 66.9 Å². The van der Waals surface area contributed by atoms with Crippen LogP contribution in [-0.2, 0) is 5.41 Å². The fourth-order valence-electron chi connectivity index (χ4n) is 2.82. The summed E-state index contributed by atoms with van der Waals surface area (Å²) in [5, 5.41) is 6.10. The van der Waals surface area contributed by atoms with Gasteiger partial charge in [0, 0.05) is 17.1 Å². The van der Waals surface area contributed by atoms with Crippen molar-refractivity contribution in [3.63, 3.8) is 0 Å². The summed E-state index contributed by atoms with van der Waals surface area (Å²) in [6.45, 7) is 10.3. The maximum Gasteiger partial charge on any atom is 0.274 e. The molecule has 5 heteroatoms. The Morgan fingerprint density at radius 3 is 2.25 bits per heavy atom. The highest BCUT2D eigenvalue weighted by Gasteiger charge is 2.15. The Morgan fingerprint density at radius 1 is 0.929 bits per heavy atom. The molecule has 0 unspecified atom stereocenters. The molecule has 0 aliphatic carbocycles. The standard InChI is InChI=1S/C23H26N4O/c1-15-8-6-7-9-19(15)26-22-24-16(2)14-20(27-22)21(28)25-18-12-10-17(11-13-18)23(3,4)5/h6-14H,1-5H3,(H,25,28)(H,24,26,27). The maximum absolute atomic E-state index is 12.7. The lowest BCUT2D eigenvalue weighted by Gasteiger charge is -2.19. The molecule has 0 fully saturated rings. The molecule has 0 bridgehead atoms. The quantitative estimate of drug-likeness (QED) is 0.643. The Kier molecular flexibility index (Phi) is 5.45. The Morgan fingerprint density at radius 2 is 1.61 bits per heavy atom. The van der Waals surface area contributed by atoms with Gasteiger partial charge in [0.25, 0.3) is 5.91 Å². The van der Waals surface area contributed by atoms with E-state index >= 15 is 0 Å². The third kappa shape index (κ3) is 4.74. The molecule has 1 heterocycles. The van der Waals surface area contributed by atoms with Gasteiger partial charge in [-0.3, -0.25) is 4.79 Å². The second kappa shape index (κ2) is 7.80. The molecule has 0 atom stereocenters. The summed E-state index contributed by atoms with van der Waals surface area (Å²) in [4.78, 5) is 21.5. The molecule has 0 radical (unpaired) electrons. The predicted molar refractivity (Wildman–Crippen MR) is 114 cm³/mol. The van der Waals surface area contributed by atoms with Gasteiger partial charge in [0.15, 0.2) is 0 Å². The zero-order valence-electron chi connectivity index (χ0n) is 17.0. The summed E-state index contributed by atoms with van der Waals surface area (Å²) < 4.78 is 0. The van der Waals surface area contributed by atoms with E-state index in [9.17, 15) is 4.79 Å². The van der Waals surface area contributed by atoms with Crippen LogP contribution in [0, 0.1) is 13.8 Å². The van der Waals surface area contributed by atoms with Crippen LogP contribution in [0.4, 0.5) is 17.3 Å². The zero-order chi connectivity index (χ0) is 20.3. The number of para-hydroxylation sites is 1. The van der Waals surface area contributed by atoms with Crippen molar-refractivity contribution in [2.75, 3.05) is 10.6 Å². The van der Waals surface area contributed by atoms with E-state index in [-0.39, 0.29) is 11.3 Å². The zero-order valence-corrected chi connectivity index (χ0v) is 17.0. The fraction of sp³-hybridized carbons (Fsp3) is 0.261. The SMILES string of the molecule is Cc1cc(C(=O)Nc2ccc(C(C)(C)C)cc2)nc(Nc2ccccc2C)n1. The van der Waals surface area contributed by atoms with Crippen molar-refractivity contribution in [1.29, 1.82) is 0 Å². The Balaban J connectivity index is 1.78. The van der Waals surface area contributed by atoms with Gasteiger partial charge in [-0.2, -0.15) is 0 Å². The number of amides is 1. The number of benzene rings is 2. The van der Waals surface area contributed by atoms with E-state index in [2.05, 4.69) is 41.4 Å². The summed E-state index contributed by atoms with van der Waals surface area (Å²) in [5.74, 6) is 0.143. The van der Waals surface area contributed by atoms with Gasteiger partial charge in [-0.1, -0.05) is 51.1 Å². The average molecular weight is 374 g/mol. The molecule has 0 aliphatic rings. The summed E-state index contributed by atoms with van der Waals surface area (Å²) >= 11 is 0. The van der Waals surface area contributed by atoms with E-state index in [1.807, 2.05) is 62.4 Å². The molecule has 144 valence electrons. The number of carbonyl (C=O) groups excluding carboxylic acids is 1. The van der Waals surface area contributed by atoms with Gasteiger partial charge in [0.2, 0.25) is 5.95 Å². The first-order valence-electron chi connectivity index (χ1n) is 9.32. The predicted octanol–water partition coefficient (Wildman–Crippen LogP) is 5.39. The Labute approximate surface area is 166 Å². The number of nitrogens with zero attached hydrogens (tertiary/aromatic N) is 2. The van der Waals surface area contributed by atoms with Crippen molar-refractivity contribution >= 4 is 23.2 Å². The van der Waals surface area contributed by atoms with Crippen molar-refractivity contribution in [3.8, 4) is 0 Å². The molecule has 3 rings (SSSR count). The highest BCUT2D eigenvalue weighted by molar-refractivity contribution is 6.03. The number of aromatic nitrogens is 2. The van der Waals surface area contributed by atoms with E-state index in [0.717, 1.165) is 22.6 Å². The molecule has 5 nitrogen and oxygen atoms in total. The van der Waals surface area contributed by atoms with Crippen LogP contribution in [0.25, 0.3) is 0 Å². The van der Waals surface area contributed by atoms with Gasteiger partial charge in [-0.15, -0.1) is 0 Å². The molecular weight excluding hydrogens is 348 g/mol. The molecule has 2 aromatic carbocycles. The number of carbonyl (C=O) groups is 1. The van der Waals surface area contributed by atoms with Gasteiger partial charge in [-0.05, 0) is 54.7 Å². The molecule has 2 N–H and O–H groups in total. The molecule has 0 saturated heterocycles. The summed E-state index contributed by atoms with van der Waals surface area (Å²) in [7, 11) is 0. The van der Waals surface area contributed by atoms with E-state index in [0.29, 0.717) is 11.6 Å². The van der Waals surface area contributed by atoms with Crippen molar-refractivity contribution in [2.24, 2.45) is 0 Å². The van der Waals surface area contributed by atoms with Gasteiger partial charge in [0.05, 0.1) is 0 Å². The molecular formula is C23H26N4O. The largest absolute Gasteiger partial charge is 0.324 e. The second-order valence-corrected chi connectivity index (χ2v) is 7.94. The number of hydrogen-bond donors (Lipinski definition) is 2. The minimum atomic E-state index is -0.262. The van der Waals surface area contributed by atoms with Gasteiger partial charge in [0.1, 0.15) is 5.69 Å². The minimum absolute atomic E-state index is 0.0719. The summed E-state index contributed by atoms with van der Waals surface area (Å²) in [6.07, 6.45) is 0. The first-order chi connectivity index (χ1) is 13.2. The minimum Gasteiger partial charge on any atom is -0.324 e. The number of nitrogens with one attached hydrogen (secondary N) is 2. The van der Waals surface area contributed by atoms with Crippen molar-refractivity contribution in [2.45, 2.75) is 40.0 Å². The van der Waals surface area contributed by atoms with Gasteiger partial charge >= 0.3 is 0 Å². The normalized spacial score (nSPS) is 11.2. The molecule has 1 amide bonds. The number of hydrogen-bond acceptors (Lipinski definition) is 4. The first kappa shape index (κ1) is 19.5. The van der Waals surface area contributed by atoms with Crippen molar-refractivity contribution in [3.05, 3.63) is 77.1 Å². The Hall–Kier alpha value is -3.21. The van der Waals surface area contributed by atoms with Crippen LogP contribution < -0.4 is 10.6 Å². The van der Waals surface area contributed by atoms with Crippen LogP contribution in [0.3, 0.4) is 0 Å². The lowest BCUT2D eigenvalue weighted by molar-refractivity contribution is 0.102. The highest BCUT2D eigenvalue weighted by atomic mass is 16.1. The van der Waals surface area contributed by atoms with E-state index < -0.39 is 0 Å². The lowest BCUT2D eigenvalue weighted by atomic mass is 9.87. The highest BCUT2D eigenvalue weighted by Crippen LogP contribution is 2.24. The summed E-state index contributed by atoms with van der Waals surface area (Å²) in [5.41, 5.74) is 5.07. The van der Waals surface area contributed by atoms with Crippen molar-refractivity contribution in [1.82, 2.24) is 9.97 Å². The van der Waals surface area contributed by atoms with Crippen LogP contribution in [0.2, 0.25) is 0 Å². The third-order valence-corrected chi connectivity index (χ3v) is 4.49. The molecule has 3 aromatic rings. The smallest absolute Gasteiger partial charge is 0.274 e. The monoisotopic (exact) mass is 374 g/mol. The van der Waals surface area contributed by atoms with Crippen molar-refractivity contribution < 1.29 is 4.79 Å². The second-order valence-electron chi connectivity index (χ2n) is 7.94. The van der Waals surface area contributed by atoms with Crippen LogP contribution >= 0.6 is 0 Å². The number of aryl methyl sites for hydroxylation is 2. The van der Waals surface area contributed by atoms with E-state index in [1.165, 1.54) is 5.56 Å². The molecule has 0 spiro atoms. The van der Waals surface area contributed by atoms with Gasteiger partial charge < -0.3 is 10.6 Å². The average Bonchev–Trinajstić information content (AvgIpc) is 2.63. The van der Waals surface area contributed by atoms with Crippen LogP contribution in [0.15, 0.2) is 54.6 Å². The lowest BCUT2D eigenvalue weighted by Crippen LogP contribution is -2.16. The summed E-state index contributed by atoms with van der Waals surface area (Å²) in [6, 6.07) is 17.5. The maximum atomic E-state index is 12.7. The third-order valence-electron chi connectivity index (χ3n) is 4.49. The van der Waals surface area contributed by atoms with E-state index in [1.54, 1.807) is 6.07 Å². The first-order valence-corrected chi connectivity index (χ1v) is 9.32. The molecule has 1 aromatic heterocycles. The number of rotatable bonds is 4. The van der Waals surface area contributed by atoms with Crippen LogP contribution in [0.5, 0.6) is 0 Å².